The molecule has 0 aliphatic rings. The molecule has 0 aliphatic carbocycles. The smallest absolute Gasteiger partial charge is 0.744 e. The molecule has 164 valence electrons. The van der Waals surface area contributed by atoms with E-state index in [2.05, 4.69) is 90.1 Å². The molecule has 0 amide bonds. The van der Waals surface area contributed by atoms with Crippen LogP contribution in [0.3, 0.4) is 0 Å². The number of rotatable bonds is 4. The van der Waals surface area contributed by atoms with E-state index in [-0.39, 0.29) is 45.3 Å². The molecule has 0 N–H and O–H groups in total. The molecule has 32 heavy (non-hydrogen) atoms. The molecule has 0 aliphatic heterocycles. The molecular weight excluding hydrogens is 446 g/mol. The van der Waals surface area contributed by atoms with Crippen molar-refractivity contribution in [3.8, 4) is 0 Å². The van der Waals surface area contributed by atoms with Crippen LogP contribution >= 0.6 is 7.92 Å². The SMILES string of the molecule is CC(C)(C)c1ccc(P(c2ccc(C(C)(C)C)cc2)c2cccc(S(=O)(=O)[O-])c2)cc1.[Na+]. The molecule has 0 saturated carbocycles. The molecule has 0 bridgehead atoms. The molecule has 3 aromatic rings. The van der Waals surface area contributed by atoms with Crippen molar-refractivity contribution < 1.29 is 42.5 Å². The van der Waals surface area contributed by atoms with Gasteiger partial charge in [-0.1, -0.05) is 102 Å². The van der Waals surface area contributed by atoms with Crippen LogP contribution < -0.4 is 45.5 Å². The number of hydrogen-bond donors (Lipinski definition) is 0. The quantitative estimate of drug-likeness (QED) is 0.329. The minimum absolute atomic E-state index is 0. The third-order valence-corrected chi connectivity index (χ3v) is 8.60. The maximum absolute atomic E-state index is 11.6. The Morgan fingerprint density at radius 3 is 1.41 bits per heavy atom. The average molecular weight is 477 g/mol. The van der Waals surface area contributed by atoms with E-state index in [0.29, 0.717) is 0 Å². The van der Waals surface area contributed by atoms with Crippen LogP contribution in [-0.4, -0.2) is 13.0 Å². The first-order chi connectivity index (χ1) is 14.3. The molecule has 0 aromatic heterocycles. The van der Waals surface area contributed by atoms with Gasteiger partial charge in [0.15, 0.2) is 0 Å². The number of benzene rings is 3. The van der Waals surface area contributed by atoms with Gasteiger partial charge in [0.1, 0.15) is 10.1 Å². The Morgan fingerprint density at radius 2 is 1.06 bits per heavy atom. The Balaban J connectivity index is 0.00000363. The van der Waals surface area contributed by atoms with Gasteiger partial charge in [0.05, 0.1) is 4.90 Å². The van der Waals surface area contributed by atoms with Crippen molar-refractivity contribution in [3.05, 3.63) is 83.9 Å². The Hall–Kier alpha value is -1.000. The van der Waals surface area contributed by atoms with Crippen LogP contribution in [0.4, 0.5) is 0 Å². The first-order valence-corrected chi connectivity index (χ1v) is 13.1. The van der Waals surface area contributed by atoms with Crippen LogP contribution in [0.1, 0.15) is 52.7 Å². The first kappa shape index (κ1) is 27.2. The Labute approximate surface area is 216 Å². The molecule has 0 heterocycles. The number of hydrogen-bond acceptors (Lipinski definition) is 3. The summed E-state index contributed by atoms with van der Waals surface area (Å²) in [4.78, 5) is -0.185. The van der Waals surface area contributed by atoms with Crippen molar-refractivity contribution in [2.24, 2.45) is 0 Å². The van der Waals surface area contributed by atoms with Crippen LogP contribution in [-0.2, 0) is 20.9 Å². The summed E-state index contributed by atoms with van der Waals surface area (Å²) in [6.07, 6.45) is 0. The minimum Gasteiger partial charge on any atom is -0.744 e. The summed E-state index contributed by atoms with van der Waals surface area (Å²) in [6.45, 7) is 13.1. The first-order valence-electron chi connectivity index (χ1n) is 10.3. The largest absolute Gasteiger partial charge is 1.00 e. The normalized spacial score (nSPS) is 12.5. The van der Waals surface area contributed by atoms with Gasteiger partial charge in [-0.2, -0.15) is 0 Å². The van der Waals surface area contributed by atoms with Gasteiger partial charge in [-0.3, -0.25) is 0 Å². The average Bonchev–Trinajstić information content (AvgIpc) is 2.67. The summed E-state index contributed by atoms with van der Waals surface area (Å²) in [5, 5.41) is 3.08. The van der Waals surface area contributed by atoms with Crippen LogP contribution in [0.25, 0.3) is 0 Å². The van der Waals surface area contributed by atoms with Crippen LogP contribution in [0.15, 0.2) is 77.7 Å². The second-order valence-electron chi connectivity index (χ2n) is 9.88. The monoisotopic (exact) mass is 476 g/mol. The van der Waals surface area contributed by atoms with Gasteiger partial charge in [0.2, 0.25) is 0 Å². The topological polar surface area (TPSA) is 57.2 Å². The van der Waals surface area contributed by atoms with E-state index in [1.54, 1.807) is 6.07 Å². The molecule has 0 spiro atoms. The van der Waals surface area contributed by atoms with E-state index in [1.807, 2.05) is 6.07 Å². The van der Waals surface area contributed by atoms with Crippen molar-refractivity contribution in [1.82, 2.24) is 0 Å². The molecule has 6 heteroatoms. The van der Waals surface area contributed by atoms with E-state index in [1.165, 1.54) is 23.3 Å². The van der Waals surface area contributed by atoms with Crippen molar-refractivity contribution >= 4 is 34.0 Å². The van der Waals surface area contributed by atoms with Gasteiger partial charge in [0.25, 0.3) is 0 Å². The molecular formula is C26H30NaO3PS. The summed E-state index contributed by atoms with van der Waals surface area (Å²) in [5.74, 6) is 0. The van der Waals surface area contributed by atoms with Crippen molar-refractivity contribution in [3.63, 3.8) is 0 Å². The minimum atomic E-state index is -4.52. The zero-order valence-electron chi connectivity index (χ0n) is 20.0. The van der Waals surface area contributed by atoms with E-state index < -0.39 is 18.0 Å². The van der Waals surface area contributed by atoms with Crippen LogP contribution in [0, 0.1) is 0 Å². The summed E-state index contributed by atoms with van der Waals surface area (Å²) < 4.78 is 34.9. The zero-order valence-corrected chi connectivity index (χ0v) is 23.7. The fourth-order valence-electron chi connectivity index (χ4n) is 3.45. The van der Waals surface area contributed by atoms with Crippen molar-refractivity contribution in [2.75, 3.05) is 0 Å². The van der Waals surface area contributed by atoms with Gasteiger partial charge in [-0.15, -0.1) is 0 Å². The van der Waals surface area contributed by atoms with Gasteiger partial charge in [-0.25, -0.2) is 8.42 Å². The van der Waals surface area contributed by atoms with Crippen molar-refractivity contribution in [1.29, 1.82) is 0 Å². The summed E-state index contributed by atoms with van der Waals surface area (Å²) in [5.41, 5.74) is 2.58. The van der Waals surface area contributed by atoms with Gasteiger partial charge in [-0.05, 0) is 57.9 Å². The molecule has 0 saturated heterocycles. The van der Waals surface area contributed by atoms with Crippen molar-refractivity contribution in [2.45, 2.75) is 57.3 Å². The van der Waals surface area contributed by atoms with E-state index in [0.717, 1.165) is 15.9 Å². The molecule has 0 fully saturated rings. The predicted octanol–water partition coefficient (Wildman–Crippen LogP) is 1.95. The fourth-order valence-corrected chi connectivity index (χ4v) is 6.34. The Kier molecular flexibility index (Phi) is 8.59. The Morgan fingerprint density at radius 1 is 0.656 bits per heavy atom. The summed E-state index contributed by atoms with van der Waals surface area (Å²) in [6, 6.07) is 23.5. The zero-order chi connectivity index (χ0) is 23.0. The van der Waals surface area contributed by atoms with Gasteiger partial charge >= 0.3 is 29.6 Å². The molecule has 3 aromatic carbocycles. The van der Waals surface area contributed by atoms with E-state index in [9.17, 15) is 13.0 Å². The standard InChI is InChI=1S/C26H31O3PS.Na/c1-25(2,3)19-10-14-21(15-11-19)30(22-16-12-20(13-17-22)26(4,5)6)23-8-7-9-24(18-23)31(27,28)29;/h7-18H,1-6H3,(H,27,28,29);/q;+1/p-1. The predicted molar refractivity (Wildman–Crippen MR) is 131 cm³/mol. The molecule has 0 radical (unpaired) electrons. The van der Waals surface area contributed by atoms with Gasteiger partial charge < -0.3 is 4.55 Å². The summed E-state index contributed by atoms with van der Waals surface area (Å²) >= 11 is 0. The molecule has 3 rings (SSSR count). The second-order valence-corrected chi connectivity index (χ2v) is 13.5. The molecule has 0 unspecified atom stereocenters. The second kappa shape index (κ2) is 10.1. The third kappa shape index (κ3) is 6.53. The maximum Gasteiger partial charge on any atom is 1.00 e. The maximum atomic E-state index is 11.6. The Bertz CT molecular complexity index is 1100. The van der Waals surface area contributed by atoms with E-state index in [4.69, 9.17) is 0 Å². The third-order valence-electron chi connectivity index (χ3n) is 5.35. The van der Waals surface area contributed by atoms with E-state index >= 15 is 0 Å². The molecule has 3 nitrogen and oxygen atoms in total. The van der Waals surface area contributed by atoms with Gasteiger partial charge in [0, 0.05) is 0 Å². The molecule has 0 atom stereocenters. The van der Waals surface area contributed by atoms with Crippen LogP contribution in [0.5, 0.6) is 0 Å². The fraction of sp³-hybridized carbons (Fsp3) is 0.308. The van der Waals surface area contributed by atoms with Crippen LogP contribution in [0.2, 0.25) is 0 Å². The summed E-state index contributed by atoms with van der Waals surface area (Å²) in [7, 11) is -5.52.